The van der Waals surface area contributed by atoms with Crippen molar-refractivity contribution >= 4 is 23.6 Å². The SMILES string of the molecule is CCCSCC(=O)N[C@@H]1CCC[C@@H]1C(=O)O. The van der Waals surface area contributed by atoms with Gasteiger partial charge in [0.2, 0.25) is 5.91 Å². The Morgan fingerprint density at radius 2 is 2.19 bits per heavy atom. The van der Waals surface area contributed by atoms with Crippen molar-refractivity contribution in [2.75, 3.05) is 11.5 Å². The van der Waals surface area contributed by atoms with Gasteiger partial charge in [-0.1, -0.05) is 13.3 Å². The average Bonchev–Trinajstić information content (AvgIpc) is 2.66. The maximum Gasteiger partial charge on any atom is 0.308 e. The minimum absolute atomic E-state index is 0.0309. The minimum Gasteiger partial charge on any atom is -0.481 e. The topological polar surface area (TPSA) is 66.4 Å². The van der Waals surface area contributed by atoms with E-state index < -0.39 is 5.97 Å². The van der Waals surface area contributed by atoms with Crippen LogP contribution in [0.1, 0.15) is 32.6 Å². The second kappa shape index (κ2) is 6.78. The highest BCUT2D eigenvalue weighted by Crippen LogP contribution is 2.25. The van der Waals surface area contributed by atoms with E-state index in [2.05, 4.69) is 12.2 Å². The lowest BCUT2D eigenvalue weighted by molar-refractivity contribution is -0.142. The summed E-state index contributed by atoms with van der Waals surface area (Å²) in [7, 11) is 0. The molecule has 1 aliphatic rings. The first-order chi connectivity index (χ1) is 7.65. The van der Waals surface area contributed by atoms with E-state index in [1.54, 1.807) is 11.8 Å². The van der Waals surface area contributed by atoms with Crippen LogP contribution in [0.15, 0.2) is 0 Å². The van der Waals surface area contributed by atoms with Crippen molar-refractivity contribution in [1.29, 1.82) is 0 Å². The van der Waals surface area contributed by atoms with Gasteiger partial charge in [-0.05, 0) is 25.0 Å². The molecule has 1 saturated carbocycles. The number of thioether (sulfide) groups is 1. The summed E-state index contributed by atoms with van der Waals surface area (Å²) in [5.74, 6) is 0.206. The van der Waals surface area contributed by atoms with Crippen LogP contribution in [0.2, 0.25) is 0 Å². The van der Waals surface area contributed by atoms with Crippen LogP contribution in [0.5, 0.6) is 0 Å². The Morgan fingerprint density at radius 1 is 1.44 bits per heavy atom. The summed E-state index contributed by atoms with van der Waals surface area (Å²) in [6.45, 7) is 2.07. The molecule has 0 aliphatic heterocycles. The van der Waals surface area contributed by atoms with Crippen LogP contribution < -0.4 is 5.32 Å². The van der Waals surface area contributed by atoms with Crippen LogP contribution in [-0.4, -0.2) is 34.5 Å². The number of aliphatic carboxylic acids is 1. The van der Waals surface area contributed by atoms with Gasteiger partial charge in [0.1, 0.15) is 0 Å². The zero-order chi connectivity index (χ0) is 12.0. The highest BCUT2D eigenvalue weighted by molar-refractivity contribution is 7.99. The summed E-state index contributed by atoms with van der Waals surface area (Å²) in [5, 5.41) is 11.8. The van der Waals surface area contributed by atoms with E-state index in [0.29, 0.717) is 12.2 Å². The van der Waals surface area contributed by atoms with Crippen molar-refractivity contribution < 1.29 is 14.7 Å². The normalized spacial score (nSPS) is 24.3. The highest BCUT2D eigenvalue weighted by atomic mass is 32.2. The molecule has 0 heterocycles. The van der Waals surface area contributed by atoms with Gasteiger partial charge in [0.05, 0.1) is 11.7 Å². The molecule has 2 atom stereocenters. The second-order valence-corrected chi connectivity index (χ2v) is 5.21. The molecule has 0 saturated heterocycles. The maximum absolute atomic E-state index is 11.5. The molecule has 1 fully saturated rings. The monoisotopic (exact) mass is 245 g/mol. The maximum atomic E-state index is 11.5. The van der Waals surface area contributed by atoms with Crippen LogP contribution in [0.3, 0.4) is 0 Å². The summed E-state index contributed by atoms with van der Waals surface area (Å²) < 4.78 is 0. The third kappa shape index (κ3) is 4.04. The standard InChI is InChI=1S/C11H19NO3S/c1-2-6-16-7-10(13)12-9-5-3-4-8(9)11(14)15/h8-9H,2-7H2,1H3,(H,12,13)(H,14,15)/t8-,9+/m0/s1. The molecule has 1 rings (SSSR count). The van der Waals surface area contributed by atoms with E-state index in [1.807, 2.05) is 0 Å². The third-order valence-corrected chi connectivity index (χ3v) is 3.92. The lowest BCUT2D eigenvalue weighted by Crippen LogP contribution is -2.41. The lowest BCUT2D eigenvalue weighted by atomic mass is 10.0. The number of carboxylic acids is 1. The van der Waals surface area contributed by atoms with Crippen LogP contribution in [0.25, 0.3) is 0 Å². The largest absolute Gasteiger partial charge is 0.481 e. The number of hydrogen-bond donors (Lipinski definition) is 2. The van der Waals surface area contributed by atoms with Gasteiger partial charge in [-0.15, -0.1) is 0 Å². The first-order valence-electron chi connectivity index (χ1n) is 5.75. The van der Waals surface area contributed by atoms with E-state index in [9.17, 15) is 9.59 Å². The summed E-state index contributed by atoms with van der Waals surface area (Å²) >= 11 is 1.59. The molecule has 0 aromatic rings. The smallest absolute Gasteiger partial charge is 0.308 e. The fourth-order valence-corrected chi connectivity index (χ4v) is 2.69. The van der Waals surface area contributed by atoms with Crippen LogP contribution in [0, 0.1) is 5.92 Å². The molecule has 5 heteroatoms. The van der Waals surface area contributed by atoms with Crippen molar-refractivity contribution in [1.82, 2.24) is 5.32 Å². The number of nitrogens with one attached hydrogen (secondary N) is 1. The molecule has 0 unspecified atom stereocenters. The molecule has 0 aromatic carbocycles. The van der Waals surface area contributed by atoms with Gasteiger partial charge in [0.15, 0.2) is 0 Å². The third-order valence-electron chi connectivity index (χ3n) is 2.76. The van der Waals surface area contributed by atoms with E-state index in [-0.39, 0.29) is 17.9 Å². The van der Waals surface area contributed by atoms with Gasteiger partial charge < -0.3 is 10.4 Å². The Labute approximate surface area is 100 Å². The van der Waals surface area contributed by atoms with Gasteiger partial charge in [-0.2, -0.15) is 11.8 Å². The van der Waals surface area contributed by atoms with Crippen molar-refractivity contribution in [3.63, 3.8) is 0 Å². The van der Waals surface area contributed by atoms with Crippen LogP contribution >= 0.6 is 11.8 Å². The number of carboxylic acid groups (broad SMARTS) is 1. The van der Waals surface area contributed by atoms with Gasteiger partial charge in [-0.25, -0.2) is 0 Å². The molecule has 0 radical (unpaired) electrons. The number of carbonyl (C=O) groups is 2. The minimum atomic E-state index is -0.788. The number of rotatable bonds is 6. The summed E-state index contributed by atoms with van der Waals surface area (Å²) in [5.41, 5.74) is 0. The Morgan fingerprint density at radius 3 is 2.81 bits per heavy atom. The lowest BCUT2D eigenvalue weighted by Gasteiger charge is -2.17. The first-order valence-corrected chi connectivity index (χ1v) is 6.90. The van der Waals surface area contributed by atoms with E-state index >= 15 is 0 Å². The first kappa shape index (κ1) is 13.4. The number of amides is 1. The average molecular weight is 245 g/mol. The molecular formula is C11H19NO3S. The Bertz CT molecular complexity index is 258. The van der Waals surface area contributed by atoms with Crippen molar-refractivity contribution in [3.05, 3.63) is 0 Å². The zero-order valence-electron chi connectivity index (χ0n) is 9.57. The molecule has 1 aliphatic carbocycles. The van der Waals surface area contributed by atoms with Gasteiger partial charge in [-0.3, -0.25) is 9.59 Å². The molecule has 4 nitrogen and oxygen atoms in total. The molecule has 1 amide bonds. The highest BCUT2D eigenvalue weighted by Gasteiger charge is 2.33. The molecule has 92 valence electrons. The number of hydrogen-bond acceptors (Lipinski definition) is 3. The molecule has 0 aromatic heterocycles. The molecule has 2 N–H and O–H groups in total. The Balaban J connectivity index is 2.30. The number of carbonyl (C=O) groups excluding carboxylic acids is 1. The van der Waals surface area contributed by atoms with Gasteiger partial charge in [0.25, 0.3) is 0 Å². The Kier molecular flexibility index (Phi) is 5.66. The summed E-state index contributed by atoms with van der Waals surface area (Å²) in [4.78, 5) is 22.4. The van der Waals surface area contributed by atoms with Gasteiger partial charge >= 0.3 is 5.97 Å². The fraction of sp³-hybridized carbons (Fsp3) is 0.818. The molecule has 0 spiro atoms. The fourth-order valence-electron chi connectivity index (χ4n) is 1.99. The van der Waals surface area contributed by atoms with E-state index in [0.717, 1.165) is 25.0 Å². The zero-order valence-corrected chi connectivity index (χ0v) is 10.4. The van der Waals surface area contributed by atoms with Gasteiger partial charge in [0, 0.05) is 6.04 Å². The van der Waals surface area contributed by atoms with Crippen LogP contribution in [-0.2, 0) is 9.59 Å². The van der Waals surface area contributed by atoms with Crippen molar-refractivity contribution in [2.45, 2.75) is 38.6 Å². The molecule has 0 bridgehead atoms. The van der Waals surface area contributed by atoms with Crippen molar-refractivity contribution in [3.8, 4) is 0 Å². The second-order valence-electron chi connectivity index (χ2n) is 4.10. The van der Waals surface area contributed by atoms with E-state index in [4.69, 9.17) is 5.11 Å². The molecule has 16 heavy (non-hydrogen) atoms. The summed E-state index contributed by atoms with van der Waals surface area (Å²) in [6.07, 6.45) is 3.42. The van der Waals surface area contributed by atoms with E-state index in [1.165, 1.54) is 0 Å². The quantitative estimate of drug-likeness (QED) is 0.696. The predicted molar refractivity (Wildman–Crippen MR) is 64.5 cm³/mol. The van der Waals surface area contributed by atoms with Crippen LogP contribution in [0.4, 0.5) is 0 Å². The predicted octanol–water partition coefficient (Wildman–Crippen LogP) is 1.50. The van der Waals surface area contributed by atoms with Crippen molar-refractivity contribution in [2.24, 2.45) is 5.92 Å². The summed E-state index contributed by atoms with van der Waals surface area (Å²) in [6, 6.07) is -0.160. The molecular weight excluding hydrogens is 226 g/mol. The Hall–Kier alpha value is -0.710.